The lowest BCUT2D eigenvalue weighted by molar-refractivity contribution is -0.122. The number of ether oxygens (including phenoxy) is 1. The number of carbonyl (C=O) groups excluding carboxylic acids is 1. The van der Waals surface area contributed by atoms with E-state index in [1.54, 1.807) is 19.6 Å². The van der Waals surface area contributed by atoms with Gasteiger partial charge < -0.3 is 14.5 Å². The number of hydrogen-bond donors (Lipinski definition) is 1. The highest BCUT2D eigenvalue weighted by molar-refractivity contribution is 5.82. The van der Waals surface area contributed by atoms with Crippen molar-refractivity contribution in [1.29, 1.82) is 0 Å². The summed E-state index contributed by atoms with van der Waals surface area (Å²) < 4.78 is 10.5. The molecule has 2 aromatic heterocycles. The van der Waals surface area contributed by atoms with Gasteiger partial charge in [-0.3, -0.25) is 4.79 Å². The van der Waals surface area contributed by atoms with Gasteiger partial charge in [0.1, 0.15) is 5.76 Å². The molecule has 2 aromatic rings. The molecule has 0 bridgehead atoms. The number of hydrogen-bond acceptors (Lipinski definition) is 4. The van der Waals surface area contributed by atoms with Crippen LogP contribution < -0.4 is 10.1 Å². The summed E-state index contributed by atoms with van der Waals surface area (Å²) in [5.74, 6) is 1.73. The van der Waals surface area contributed by atoms with E-state index in [4.69, 9.17) is 9.15 Å². The fourth-order valence-corrected chi connectivity index (χ4v) is 2.36. The van der Waals surface area contributed by atoms with Crippen molar-refractivity contribution in [2.24, 2.45) is 5.92 Å². The number of carbonyl (C=O) groups is 1. The standard InChI is InChI=1S/C15H16N2O3/c1-19-15-10(4-2-6-16-15)9-17-14(18)12-8-11(12)13-5-3-7-20-13/h2-7,11-12H,8-9H2,1H3,(H,17,18)/t11-,12+/m1/s1. The third kappa shape index (κ3) is 2.52. The molecule has 0 aromatic carbocycles. The lowest BCUT2D eigenvalue weighted by Crippen LogP contribution is -2.25. The maximum atomic E-state index is 12.1. The van der Waals surface area contributed by atoms with Gasteiger partial charge in [0.2, 0.25) is 11.8 Å². The van der Waals surface area contributed by atoms with E-state index in [2.05, 4.69) is 10.3 Å². The lowest BCUT2D eigenvalue weighted by atomic mass is 10.2. The van der Waals surface area contributed by atoms with Crippen molar-refractivity contribution in [2.45, 2.75) is 18.9 Å². The van der Waals surface area contributed by atoms with Gasteiger partial charge in [-0.1, -0.05) is 6.07 Å². The van der Waals surface area contributed by atoms with Crippen LogP contribution in [-0.2, 0) is 11.3 Å². The first-order valence-electron chi connectivity index (χ1n) is 6.58. The SMILES string of the molecule is COc1ncccc1CNC(=O)[C@H]1C[C@H]1c1ccco1. The monoisotopic (exact) mass is 272 g/mol. The van der Waals surface area contributed by atoms with Gasteiger partial charge in [0.25, 0.3) is 0 Å². The lowest BCUT2D eigenvalue weighted by Gasteiger charge is -2.08. The molecule has 2 heterocycles. The molecular weight excluding hydrogens is 256 g/mol. The molecule has 0 spiro atoms. The van der Waals surface area contributed by atoms with Crippen LogP contribution in [0.2, 0.25) is 0 Å². The fourth-order valence-electron chi connectivity index (χ4n) is 2.36. The molecule has 20 heavy (non-hydrogen) atoms. The number of amides is 1. The van der Waals surface area contributed by atoms with Crippen molar-refractivity contribution in [3.63, 3.8) is 0 Å². The van der Waals surface area contributed by atoms with Crippen LogP contribution in [-0.4, -0.2) is 18.0 Å². The van der Waals surface area contributed by atoms with Crippen LogP contribution in [0.5, 0.6) is 5.88 Å². The second-order valence-electron chi connectivity index (χ2n) is 4.85. The smallest absolute Gasteiger partial charge is 0.224 e. The van der Waals surface area contributed by atoms with Crippen molar-refractivity contribution in [2.75, 3.05) is 7.11 Å². The van der Waals surface area contributed by atoms with E-state index >= 15 is 0 Å². The number of nitrogens with zero attached hydrogens (tertiary/aromatic N) is 1. The summed E-state index contributed by atoms with van der Waals surface area (Å²) in [6.07, 6.45) is 4.16. The molecule has 5 nitrogen and oxygen atoms in total. The quantitative estimate of drug-likeness (QED) is 0.905. The van der Waals surface area contributed by atoms with Gasteiger partial charge in [0.15, 0.2) is 0 Å². The van der Waals surface area contributed by atoms with Gasteiger partial charge in [-0.15, -0.1) is 0 Å². The maximum Gasteiger partial charge on any atom is 0.224 e. The molecule has 0 unspecified atom stereocenters. The van der Waals surface area contributed by atoms with Crippen molar-refractivity contribution in [1.82, 2.24) is 10.3 Å². The largest absolute Gasteiger partial charge is 0.481 e. The molecule has 2 atom stereocenters. The second-order valence-corrected chi connectivity index (χ2v) is 4.85. The van der Waals surface area contributed by atoms with Crippen LogP contribution in [0.4, 0.5) is 0 Å². The average Bonchev–Trinajstić information content (AvgIpc) is 3.11. The number of nitrogens with one attached hydrogen (secondary N) is 1. The number of rotatable bonds is 5. The number of aromatic nitrogens is 1. The van der Waals surface area contributed by atoms with Gasteiger partial charge in [0.05, 0.1) is 13.4 Å². The Hall–Kier alpha value is -2.30. The normalized spacial score (nSPS) is 20.4. The summed E-state index contributed by atoms with van der Waals surface area (Å²) in [5, 5.41) is 2.93. The second kappa shape index (κ2) is 5.36. The summed E-state index contributed by atoms with van der Waals surface area (Å²) in [4.78, 5) is 16.2. The van der Waals surface area contributed by atoms with Crippen LogP contribution in [0.15, 0.2) is 41.1 Å². The molecule has 0 saturated heterocycles. The van der Waals surface area contributed by atoms with Gasteiger partial charge in [-0.2, -0.15) is 0 Å². The molecule has 1 amide bonds. The third-order valence-electron chi connectivity index (χ3n) is 3.53. The Balaban J connectivity index is 1.56. The predicted molar refractivity (Wildman–Crippen MR) is 72.2 cm³/mol. The van der Waals surface area contributed by atoms with Gasteiger partial charge in [-0.05, 0) is 24.6 Å². The van der Waals surface area contributed by atoms with Crippen LogP contribution in [0.1, 0.15) is 23.7 Å². The summed E-state index contributed by atoms with van der Waals surface area (Å²) in [5.41, 5.74) is 0.874. The van der Waals surface area contributed by atoms with Crippen molar-refractivity contribution < 1.29 is 13.9 Å². The van der Waals surface area contributed by atoms with Crippen LogP contribution in [0.25, 0.3) is 0 Å². The van der Waals surface area contributed by atoms with E-state index in [1.165, 1.54) is 0 Å². The summed E-state index contributed by atoms with van der Waals surface area (Å²) >= 11 is 0. The van der Waals surface area contributed by atoms with E-state index in [-0.39, 0.29) is 17.7 Å². The molecule has 0 radical (unpaired) electrons. The minimum absolute atomic E-state index is 0.0174. The maximum absolute atomic E-state index is 12.1. The first-order chi connectivity index (χ1) is 9.79. The van der Waals surface area contributed by atoms with Crippen molar-refractivity contribution in [3.8, 4) is 5.88 Å². The minimum atomic E-state index is 0.0174. The Morgan fingerprint density at radius 3 is 3.15 bits per heavy atom. The van der Waals surface area contributed by atoms with E-state index < -0.39 is 0 Å². The highest BCUT2D eigenvalue weighted by Gasteiger charge is 2.45. The fraction of sp³-hybridized carbons (Fsp3) is 0.333. The highest BCUT2D eigenvalue weighted by Crippen LogP contribution is 2.47. The molecule has 0 aliphatic heterocycles. The molecule has 1 N–H and O–H groups in total. The number of methoxy groups -OCH3 is 1. The Kier molecular flexibility index (Phi) is 3.41. The first kappa shape index (κ1) is 12.7. The van der Waals surface area contributed by atoms with Gasteiger partial charge in [0, 0.05) is 30.1 Å². The topological polar surface area (TPSA) is 64.4 Å². The van der Waals surface area contributed by atoms with E-state index in [9.17, 15) is 4.79 Å². The molecule has 3 rings (SSSR count). The zero-order chi connectivity index (χ0) is 13.9. The summed E-state index contributed by atoms with van der Waals surface area (Å²) in [6, 6.07) is 7.49. The van der Waals surface area contributed by atoms with Gasteiger partial charge in [-0.25, -0.2) is 4.98 Å². The zero-order valence-corrected chi connectivity index (χ0v) is 11.2. The molecule has 1 saturated carbocycles. The Bertz CT molecular complexity index is 595. The average molecular weight is 272 g/mol. The van der Waals surface area contributed by atoms with E-state index in [0.717, 1.165) is 17.7 Å². The molecule has 5 heteroatoms. The number of pyridine rings is 1. The Labute approximate surface area is 117 Å². The zero-order valence-electron chi connectivity index (χ0n) is 11.2. The van der Waals surface area contributed by atoms with E-state index in [1.807, 2.05) is 24.3 Å². The van der Waals surface area contributed by atoms with Crippen molar-refractivity contribution in [3.05, 3.63) is 48.0 Å². The minimum Gasteiger partial charge on any atom is -0.481 e. The molecular formula is C15H16N2O3. The van der Waals surface area contributed by atoms with Crippen molar-refractivity contribution >= 4 is 5.91 Å². The molecule has 1 aliphatic carbocycles. The Morgan fingerprint density at radius 2 is 2.40 bits per heavy atom. The van der Waals surface area contributed by atoms with Gasteiger partial charge >= 0.3 is 0 Å². The molecule has 1 aliphatic rings. The van der Waals surface area contributed by atoms with Crippen LogP contribution in [0, 0.1) is 5.92 Å². The molecule has 1 fully saturated rings. The van der Waals surface area contributed by atoms with E-state index in [0.29, 0.717) is 12.4 Å². The number of furan rings is 1. The highest BCUT2D eigenvalue weighted by atomic mass is 16.5. The summed E-state index contributed by atoms with van der Waals surface area (Å²) in [7, 11) is 1.57. The predicted octanol–water partition coefficient (Wildman–Crippen LogP) is 2.10. The third-order valence-corrected chi connectivity index (χ3v) is 3.53. The first-order valence-corrected chi connectivity index (χ1v) is 6.58. The van der Waals surface area contributed by atoms with Crippen LogP contribution in [0.3, 0.4) is 0 Å². The molecule has 104 valence electrons. The van der Waals surface area contributed by atoms with Crippen LogP contribution >= 0.6 is 0 Å². The summed E-state index contributed by atoms with van der Waals surface area (Å²) in [6.45, 7) is 0.428. The Morgan fingerprint density at radius 1 is 1.50 bits per heavy atom.